The first-order valence-electron chi connectivity index (χ1n) is 5.97. The van der Waals surface area contributed by atoms with E-state index in [1.165, 1.54) is 6.20 Å². The third kappa shape index (κ3) is 4.27. The number of nitrogens with zero attached hydrogens (tertiary/aromatic N) is 2. The molecular formula is C13H20ClN3O. The quantitative estimate of drug-likeness (QED) is 0.890. The second-order valence-electron chi connectivity index (χ2n) is 4.94. The molecule has 0 saturated heterocycles. The van der Waals surface area contributed by atoms with Crippen LogP contribution in [0.25, 0.3) is 0 Å². The highest BCUT2D eigenvalue weighted by Gasteiger charge is 2.19. The van der Waals surface area contributed by atoms with Crippen molar-refractivity contribution >= 4 is 17.5 Å². The van der Waals surface area contributed by atoms with Gasteiger partial charge in [-0.05, 0) is 26.1 Å². The minimum absolute atomic E-state index is 0.0868. The third-order valence-electron chi connectivity index (χ3n) is 2.70. The van der Waals surface area contributed by atoms with Crippen LogP contribution in [0.5, 0.6) is 0 Å². The van der Waals surface area contributed by atoms with E-state index in [1.807, 2.05) is 14.1 Å². The van der Waals surface area contributed by atoms with Gasteiger partial charge in [0.2, 0.25) is 0 Å². The van der Waals surface area contributed by atoms with Crippen LogP contribution in [-0.2, 0) is 0 Å². The van der Waals surface area contributed by atoms with Gasteiger partial charge >= 0.3 is 0 Å². The lowest BCUT2D eigenvalue weighted by Gasteiger charge is -2.25. The number of hydrogen-bond acceptors (Lipinski definition) is 3. The van der Waals surface area contributed by atoms with Crippen molar-refractivity contribution < 1.29 is 4.79 Å². The number of halogens is 1. The maximum Gasteiger partial charge on any atom is 0.254 e. The van der Waals surface area contributed by atoms with Crippen molar-refractivity contribution in [1.82, 2.24) is 15.2 Å². The minimum Gasteiger partial charge on any atom is -0.348 e. The average molecular weight is 270 g/mol. The molecule has 4 nitrogen and oxygen atoms in total. The van der Waals surface area contributed by atoms with Gasteiger partial charge < -0.3 is 10.2 Å². The van der Waals surface area contributed by atoms with Crippen LogP contribution in [0.4, 0.5) is 0 Å². The Bertz CT molecular complexity index is 407. The van der Waals surface area contributed by atoms with Crippen molar-refractivity contribution in [3.63, 3.8) is 0 Å². The van der Waals surface area contributed by atoms with Crippen molar-refractivity contribution in [2.24, 2.45) is 5.92 Å². The molecule has 5 heteroatoms. The van der Waals surface area contributed by atoms with Crippen LogP contribution in [-0.4, -0.2) is 42.5 Å². The molecule has 1 amide bonds. The molecule has 0 saturated carbocycles. The molecular weight excluding hydrogens is 250 g/mol. The highest BCUT2D eigenvalue weighted by atomic mass is 35.5. The summed E-state index contributed by atoms with van der Waals surface area (Å²) in [7, 11) is 3.97. The SMILES string of the molecule is CC(C)C(CN(C)C)NC(=O)c1cnccc1Cl. The molecule has 1 N–H and O–H groups in total. The number of rotatable bonds is 5. The van der Waals surface area contributed by atoms with Crippen molar-refractivity contribution in [2.75, 3.05) is 20.6 Å². The van der Waals surface area contributed by atoms with Crippen molar-refractivity contribution in [3.8, 4) is 0 Å². The summed E-state index contributed by atoms with van der Waals surface area (Å²) >= 11 is 5.98. The number of hydrogen-bond donors (Lipinski definition) is 1. The molecule has 1 aromatic rings. The molecule has 18 heavy (non-hydrogen) atoms. The first-order chi connectivity index (χ1) is 8.41. The normalized spacial score (nSPS) is 12.8. The van der Waals surface area contributed by atoms with E-state index in [4.69, 9.17) is 11.6 Å². The van der Waals surface area contributed by atoms with Gasteiger partial charge in [0.15, 0.2) is 0 Å². The first-order valence-corrected chi connectivity index (χ1v) is 6.34. The van der Waals surface area contributed by atoms with Gasteiger partial charge in [0.05, 0.1) is 10.6 Å². The van der Waals surface area contributed by atoms with Gasteiger partial charge in [0.1, 0.15) is 0 Å². The Hall–Kier alpha value is -1.13. The highest BCUT2D eigenvalue weighted by molar-refractivity contribution is 6.33. The molecule has 1 rings (SSSR count). The molecule has 1 atom stereocenters. The van der Waals surface area contributed by atoms with Gasteiger partial charge in [-0.3, -0.25) is 9.78 Å². The van der Waals surface area contributed by atoms with Gasteiger partial charge in [-0.15, -0.1) is 0 Å². The Morgan fingerprint density at radius 3 is 2.67 bits per heavy atom. The molecule has 0 fully saturated rings. The first kappa shape index (κ1) is 14.9. The maximum absolute atomic E-state index is 12.1. The average Bonchev–Trinajstić information content (AvgIpc) is 2.27. The molecule has 0 aliphatic rings. The minimum atomic E-state index is -0.173. The van der Waals surface area contributed by atoms with E-state index < -0.39 is 0 Å². The summed E-state index contributed by atoms with van der Waals surface area (Å²) in [4.78, 5) is 18.1. The monoisotopic (exact) mass is 269 g/mol. The molecule has 0 aromatic carbocycles. The topological polar surface area (TPSA) is 45.2 Å². The van der Waals surface area contributed by atoms with Gasteiger partial charge in [-0.2, -0.15) is 0 Å². The zero-order valence-corrected chi connectivity index (χ0v) is 12.0. The molecule has 1 heterocycles. The lowest BCUT2D eigenvalue weighted by atomic mass is 10.0. The second kappa shape index (κ2) is 6.71. The number of aromatic nitrogens is 1. The summed E-state index contributed by atoms with van der Waals surface area (Å²) in [6.07, 6.45) is 3.06. The van der Waals surface area contributed by atoms with Crippen LogP contribution >= 0.6 is 11.6 Å². The molecule has 100 valence electrons. The largest absolute Gasteiger partial charge is 0.348 e. The van der Waals surface area contributed by atoms with E-state index in [0.717, 1.165) is 6.54 Å². The second-order valence-corrected chi connectivity index (χ2v) is 5.35. The van der Waals surface area contributed by atoms with Crippen LogP contribution in [0.15, 0.2) is 18.5 Å². The van der Waals surface area contributed by atoms with Gasteiger partial charge in [-0.1, -0.05) is 25.4 Å². The standard InChI is InChI=1S/C13H20ClN3O/c1-9(2)12(8-17(3)4)16-13(18)10-7-15-6-5-11(10)14/h5-7,9,12H,8H2,1-4H3,(H,16,18). The number of carbonyl (C=O) groups excluding carboxylic acids is 1. The van der Waals surface area contributed by atoms with E-state index in [-0.39, 0.29) is 11.9 Å². The lowest BCUT2D eigenvalue weighted by Crippen LogP contribution is -2.45. The molecule has 0 aliphatic heterocycles. The van der Waals surface area contributed by atoms with Crippen molar-refractivity contribution in [3.05, 3.63) is 29.0 Å². The highest BCUT2D eigenvalue weighted by Crippen LogP contribution is 2.14. The predicted octanol–water partition coefficient (Wildman–Crippen LogP) is 2.05. The maximum atomic E-state index is 12.1. The van der Waals surface area contributed by atoms with E-state index in [0.29, 0.717) is 16.5 Å². The Kier molecular flexibility index (Phi) is 5.56. The van der Waals surface area contributed by atoms with Crippen LogP contribution in [0.3, 0.4) is 0 Å². The zero-order chi connectivity index (χ0) is 13.7. The molecule has 1 aromatic heterocycles. The lowest BCUT2D eigenvalue weighted by molar-refractivity contribution is 0.0916. The van der Waals surface area contributed by atoms with Gasteiger partial charge in [0, 0.05) is 25.0 Å². The van der Waals surface area contributed by atoms with Crippen molar-refractivity contribution in [2.45, 2.75) is 19.9 Å². The Morgan fingerprint density at radius 2 is 2.17 bits per heavy atom. The fourth-order valence-electron chi connectivity index (χ4n) is 1.61. The predicted molar refractivity (Wildman–Crippen MR) is 73.9 cm³/mol. The van der Waals surface area contributed by atoms with E-state index in [9.17, 15) is 4.79 Å². The Balaban J connectivity index is 2.76. The number of amides is 1. The van der Waals surface area contributed by atoms with Crippen molar-refractivity contribution in [1.29, 1.82) is 0 Å². The fourth-order valence-corrected chi connectivity index (χ4v) is 1.80. The summed E-state index contributed by atoms with van der Waals surface area (Å²) in [5, 5.41) is 3.43. The van der Waals surface area contributed by atoms with Crippen LogP contribution < -0.4 is 5.32 Å². The van der Waals surface area contributed by atoms with E-state index >= 15 is 0 Å². The number of carbonyl (C=O) groups is 1. The van der Waals surface area contributed by atoms with Crippen LogP contribution in [0.1, 0.15) is 24.2 Å². The van der Waals surface area contributed by atoms with E-state index in [1.54, 1.807) is 12.3 Å². The van der Waals surface area contributed by atoms with Gasteiger partial charge in [-0.25, -0.2) is 0 Å². The third-order valence-corrected chi connectivity index (χ3v) is 3.03. The Morgan fingerprint density at radius 1 is 1.50 bits per heavy atom. The number of nitrogens with one attached hydrogen (secondary N) is 1. The summed E-state index contributed by atoms with van der Waals surface area (Å²) in [6, 6.07) is 1.70. The number of likely N-dealkylation sites (N-methyl/N-ethyl adjacent to an activating group) is 1. The number of pyridine rings is 1. The summed E-state index contributed by atoms with van der Waals surface area (Å²) < 4.78 is 0. The summed E-state index contributed by atoms with van der Waals surface area (Å²) in [5.74, 6) is 0.181. The van der Waals surface area contributed by atoms with Crippen LogP contribution in [0, 0.1) is 5.92 Å². The molecule has 0 bridgehead atoms. The summed E-state index contributed by atoms with van der Waals surface area (Å²) in [5.41, 5.74) is 0.420. The molecule has 0 spiro atoms. The zero-order valence-electron chi connectivity index (χ0n) is 11.3. The fraction of sp³-hybridized carbons (Fsp3) is 0.538. The molecule has 1 unspecified atom stereocenters. The Labute approximate surface area is 113 Å². The van der Waals surface area contributed by atoms with Gasteiger partial charge in [0.25, 0.3) is 5.91 Å². The smallest absolute Gasteiger partial charge is 0.254 e. The molecule has 0 aliphatic carbocycles. The molecule has 0 radical (unpaired) electrons. The van der Waals surface area contributed by atoms with Crippen LogP contribution in [0.2, 0.25) is 5.02 Å². The summed E-state index contributed by atoms with van der Waals surface area (Å²) in [6.45, 7) is 4.96. The van der Waals surface area contributed by atoms with E-state index in [2.05, 4.69) is 29.0 Å².